The molecule has 0 saturated heterocycles. The maximum atomic E-state index is 6.43. The first-order valence-corrected chi connectivity index (χ1v) is 37.9. The molecule has 0 spiro atoms. The molecule has 0 unspecified atom stereocenters. The van der Waals surface area contributed by atoms with Crippen LogP contribution in [0, 0.1) is 0 Å². The number of para-hydroxylation sites is 6. The Morgan fingerprint density at radius 2 is 0.500 bits per heavy atom. The van der Waals surface area contributed by atoms with Crippen LogP contribution >= 0.6 is 0 Å². The Kier molecular flexibility index (Phi) is 16.1. The molecular formula is C105H67N5O2. The lowest BCUT2D eigenvalue weighted by Gasteiger charge is -2.12. The zero-order valence-corrected chi connectivity index (χ0v) is 60.7. The summed E-state index contributed by atoms with van der Waals surface area (Å²) in [4.78, 5) is 15.2. The monoisotopic (exact) mass is 1430 g/mol. The number of hydrogen-bond donors (Lipinski definition) is 0. The van der Waals surface area contributed by atoms with Crippen molar-refractivity contribution >= 4 is 87.5 Å². The molecule has 7 heteroatoms. The highest BCUT2D eigenvalue weighted by Gasteiger charge is 2.21. The molecule has 7 nitrogen and oxygen atoms in total. The summed E-state index contributed by atoms with van der Waals surface area (Å²) < 4.78 is 17.6. The molecule has 22 aromatic rings. The molecule has 0 aliphatic rings. The fourth-order valence-electron chi connectivity index (χ4n) is 16.4. The van der Waals surface area contributed by atoms with E-state index in [4.69, 9.17) is 23.8 Å². The Hall–Kier alpha value is -15.1. The average Bonchev–Trinajstić information content (AvgIpc) is 1.60. The summed E-state index contributed by atoms with van der Waals surface area (Å²) in [5, 5.41) is 9.41. The van der Waals surface area contributed by atoms with E-state index in [9.17, 15) is 0 Å². The summed E-state index contributed by atoms with van der Waals surface area (Å²) >= 11 is 0. The zero-order chi connectivity index (χ0) is 74.0. The zero-order valence-electron chi connectivity index (χ0n) is 60.7. The molecule has 0 aliphatic carbocycles. The van der Waals surface area contributed by atoms with Gasteiger partial charge in [-0.25, -0.2) is 15.0 Å². The molecule has 0 bridgehead atoms. The third-order valence-corrected chi connectivity index (χ3v) is 21.8. The van der Waals surface area contributed by atoms with Gasteiger partial charge in [0.25, 0.3) is 0 Å². The highest BCUT2D eigenvalue weighted by Crippen LogP contribution is 2.43. The van der Waals surface area contributed by atoms with Crippen LogP contribution < -0.4 is 0 Å². The van der Waals surface area contributed by atoms with Crippen LogP contribution in [0.3, 0.4) is 0 Å². The lowest BCUT2D eigenvalue weighted by molar-refractivity contribution is 0.669. The Morgan fingerprint density at radius 1 is 0.179 bits per heavy atom. The molecule has 0 saturated carbocycles. The van der Waals surface area contributed by atoms with Crippen LogP contribution in [-0.4, -0.2) is 24.1 Å². The molecule has 112 heavy (non-hydrogen) atoms. The molecule has 0 fully saturated rings. The summed E-state index contributed by atoms with van der Waals surface area (Å²) in [6, 6.07) is 144. The minimum Gasteiger partial charge on any atom is -0.455 e. The van der Waals surface area contributed by atoms with Gasteiger partial charge in [-0.2, -0.15) is 0 Å². The first kappa shape index (κ1) is 65.3. The number of fused-ring (bicyclic) bond motifs is 12. The second-order valence-corrected chi connectivity index (χ2v) is 28.5. The highest BCUT2D eigenvalue weighted by molar-refractivity contribution is 6.14. The summed E-state index contributed by atoms with van der Waals surface area (Å²) in [6.45, 7) is 0. The number of aromatic nitrogens is 5. The molecule has 0 atom stereocenters. The number of nitrogens with zero attached hydrogens (tertiary/aromatic N) is 5. The number of benzene rings is 16. The summed E-state index contributed by atoms with van der Waals surface area (Å²) in [6.07, 6.45) is 0. The van der Waals surface area contributed by atoms with Gasteiger partial charge in [-0.15, -0.1) is 0 Å². The minimum absolute atomic E-state index is 0.713. The molecule has 16 aromatic carbocycles. The number of pyridine rings is 1. The second kappa shape index (κ2) is 27.6. The Bertz CT molecular complexity index is 6790. The first-order chi connectivity index (χ1) is 55.5. The Labute approximate surface area is 646 Å². The maximum Gasteiger partial charge on any atom is 0.160 e. The van der Waals surface area contributed by atoms with E-state index in [0.717, 1.165) is 156 Å². The topological polar surface area (TPSA) is 74.8 Å². The quantitative estimate of drug-likeness (QED) is 0.122. The third-order valence-electron chi connectivity index (χ3n) is 21.8. The minimum atomic E-state index is 0.713. The van der Waals surface area contributed by atoms with Crippen molar-refractivity contribution in [2.24, 2.45) is 0 Å². The lowest BCUT2D eigenvalue weighted by Crippen LogP contribution is -1.95. The van der Waals surface area contributed by atoms with Crippen LogP contribution in [0.1, 0.15) is 0 Å². The summed E-state index contributed by atoms with van der Waals surface area (Å²) in [7, 11) is 0. The van der Waals surface area contributed by atoms with E-state index >= 15 is 0 Å². The number of rotatable bonds is 12. The van der Waals surface area contributed by atoms with Crippen molar-refractivity contribution in [3.8, 4) is 123 Å². The summed E-state index contributed by atoms with van der Waals surface area (Å²) in [5.74, 6) is 0.713. The van der Waals surface area contributed by atoms with Crippen LogP contribution in [0.4, 0.5) is 0 Å². The predicted octanol–water partition coefficient (Wildman–Crippen LogP) is 28.2. The molecular weight excluding hydrogens is 1360 g/mol. The van der Waals surface area contributed by atoms with E-state index < -0.39 is 0 Å². The first-order valence-electron chi connectivity index (χ1n) is 37.9. The van der Waals surface area contributed by atoms with Gasteiger partial charge in [0.1, 0.15) is 22.3 Å². The van der Waals surface area contributed by atoms with Gasteiger partial charge in [0.15, 0.2) is 5.82 Å². The van der Waals surface area contributed by atoms with Gasteiger partial charge in [0.05, 0.1) is 44.8 Å². The van der Waals surface area contributed by atoms with Gasteiger partial charge in [-0.3, -0.25) is 0 Å². The second-order valence-electron chi connectivity index (χ2n) is 28.5. The van der Waals surface area contributed by atoms with E-state index in [1.165, 1.54) is 49.2 Å². The smallest absolute Gasteiger partial charge is 0.160 e. The van der Waals surface area contributed by atoms with Crippen LogP contribution in [0.5, 0.6) is 0 Å². The Balaban J connectivity index is 0.000000141. The normalized spacial score (nSPS) is 11.6. The van der Waals surface area contributed by atoms with Crippen LogP contribution in [-0.2, 0) is 0 Å². The standard InChI is InChI=1S/C53H34N2O.C52H33N3O/c1-3-13-35(14-4-1)41-33-48(37-15-5-2-6-16-37)54-49(34-41)38-27-25-36(26-28-38)39-29-30-51-47(32-39)44-19-7-9-23-50(44)55(51)42-18-11-17-40(31-42)43-21-12-22-46-45-20-8-10-24-52(45)56-53(43)46;1-3-13-35(14-4-1)46-33-47(54-52(53-46)37-15-5-2-6-16-37)36-27-25-34(26-28-36)38-29-30-49-45(32-38)42-19-7-9-23-48(42)55(49)40-18-11-17-39(31-40)41-21-12-22-44-43-20-8-10-24-50(43)56-51(41)44/h1-34H;1-33H. The molecule has 0 N–H and O–H groups in total. The lowest BCUT2D eigenvalue weighted by atomic mass is 9.98. The van der Waals surface area contributed by atoms with Crippen molar-refractivity contribution in [3.63, 3.8) is 0 Å². The van der Waals surface area contributed by atoms with Crippen molar-refractivity contribution in [3.05, 3.63) is 406 Å². The number of hydrogen-bond acceptors (Lipinski definition) is 5. The van der Waals surface area contributed by atoms with Crippen molar-refractivity contribution in [2.75, 3.05) is 0 Å². The van der Waals surface area contributed by atoms with Gasteiger partial charge < -0.3 is 18.0 Å². The van der Waals surface area contributed by atoms with Crippen LogP contribution in [0.15, 0.2) is 415 Å². The van der Waals surface area contributed by atoms with E-state index in [0.29, 0.717) is 5.82 Å². The van der Waals surface area contributed by atoms with E-state index in [1.54, 1.807) is 0 Å². The summed E-state index contributed by atoms with van der Waals surface area (Å²) in [5.41, 5.74) is 30.9. The Morgan fingerprint density at radius 3 is 0.955 bits per heavy atom. The highest BCUT2D eigenvalue weighted by atomic mass is 16.3. The fraction of sp³-hybridized carbons (Fsp3) is 0. The predicted molar refractivity (Wildman–Crippen MR) is 464 cm³/mol. The van der Waals surface area contributed by atoms with Crippen LogP contribution in [0.2, 0.25) is 0 Å². The molecule has 0 aliphatic heterocycles. The molecule has 0 radical (unpaired) electrons. The largest absolute Gasteiger partial charge is 0.455 e. The SMILES string of the molecule is c1ccc(-c2cc(-c3ccc(-c4ccc5c(c4)c4ccccc4n5-c4cccc(-c5cccc6c5oc5ccccc56)c4)cc3)nc(-c3ccccc3)n2)cc1.c1ccc(-c2cc(-c3ccccc3)nc(-c3ccc(-c4ccc5c(c4)c4ccccc4n5-c4cccc(-c5cccc6c5oc5ccccc56)c4)cc3)c2)cc1. The van der Waals surface area contributed by atoms with Crippen molar-refractivity contribution in [2.45, 2.75) is 0 Å². The van der Waals surface area contributed by atoms with Crippen LogP contribution in [0.25, 0.3) is 211 Å². The molecule has 22 rings (SSSR count). The fourth-order valence-corrected chi connectivity index (χ4v) is 16.4. The van der Waals surface area contributed by atoms with Gasteiger partial charge in [0.2, 0.25) is 0 Å². The van der Waals surface area contributed by atoms with Gasteiger partial charge >= 0.3 is 0 Å². The third kappa shape index (κ3) is 11.8. The number of furan rings is 2. The maximum absolute atomic E-state index is 6.43. The van der Waals surface area contributed by atoms with E-state index in [1.807, 2.05) is 66.7 Å². The molecule has 524 valence electrons. The average molecular weight is 1430 g/mol. The van der Waals surface area contributed by atoms with Gasteiger partial charge in [-0.05, 0) is 136 Å². The van der Waals surface area contributed by atoms with Crippen molar-refractivity contribution in [1.29, 1.82) is 0 Å². The molecule has 6 aromatic heterocycles. The molecule has 0 amide bonds. The van der Waals surface area contributed by atoms with Crippen molar-refractivity contribution < 1.29 is 8.83 Å². The van der Waals surface area contributed by atoms with Crippen molar-refractivity contribution in [1.82, 2.24) is 24.1 Å². The van der Waals surface area contributed by atoms with Gasteiger partial charge in [0, 0.05) is 93.4 Å². The van der Waals surface area contributed by atoms with Gasteiger partial charge in [-0.1, -0.05) is 315 Å². The van der Waals surface area contributed by atoms with E-state index in [2.05, 4.69) is 349 Å². The molecule has 6 heterocycles. The van der Waals surface area contributed by atoms with E-state index in [-0.39, 0.29) is 0 Å².